The molecule has 166 valence electrons. The fraction of sp³-hybridized carbons (Fsp3) is 0.0526. The number of alkyl halides is 3. The number of rotatable bonds is 6. The Bertz CT molecular complexity index is 1280. The molecular weight excluding hydrogens is 458 g/mol. The van der Waals surface area contributed by atoms with Gasteiger partial charge in [0, 0.05) is 30.2 Å². The second kappa shape index (κ2) is 8.70. The van der Waals surface area contributed by atoms with Crippen molar-refractivity contribution in [2.75, 3.05) is 0 Å². The van der Waals surface area contributed by atoms with Crippen molar-refractivity contribution in [1.82, 2.24) is 9.97 Å². The van der Waals surface area contributed by atoms with Crippen LogP contribution in [0.1, 0.15) is 16.8 Å². The van der Waals surface area contributed by atoms with E-state index in [1.54, 1.807) is 0 Å². The number of halogens is 4. The van der Waals surface area contributed by atoms with E-state index in [0.29, 0.717) is 0 Å². The van der Waals surface area contributed by atoms with Crippen LogP contribution < -0.4 is 0 Å². The van der Waals surface area contributed by atoms with Gasteiger partial charge in [-0.05, 0) is 35.9 Å². The van der Waals surface area contributed by atoms with Gasteiger partial charge in [-0.25, -0.2) is 9.37 Å². The Kier molecular flexibility index (Phi) is 6.20. The molecular formula is C19H11F4N3O5S. The molecule has 2 aromatic heterocycles. The van der Waals surface area contributed by atoms with E-state index in [9.17, 15) is 36.1 Å². The summed E-state index contributed by atoms with van der Waals surface area (Å²) in [5.41, 5.74) is -7.70. The van der Waals surface area contributed by atoms with Crippen LogP contribution in [-0.4, -0.2) is 28.8 Å². The third kappa shape index (κ3) is 4.72. The van der Waals surface area contributed by atoms with Gasteiger partial charge in [0.1, 0.15) is 5.82 Å². The quantitative estimate of drug-likeness (QED) is 0.132. The first-order chi connectivity index (χ1) is 15.0. The Morgan fingerprint density at radius 3 is 2.16 bits per heavy atom. The minimum atomic E-state index is -6.20. The van der Waals surface area contributed by atoms with E-state index in [2.05, 4.69) is 14.2 Å². The molecule has 8 nitrogen and oxygen atoms in total. The molecule has 0 bridgehead atoms. The topological polar surface area (TPSA) is 112 Å². The maximum atomic E-state index is 13.5. The lowest BCUT2D eigenvalue weighted by Crippen LogP contribution is -2.25. The third-order valence-corrected chi connectivity index (χ3v) is 4.95. The molecule has 0 amide bonds. The zero-order valence-electron chi connectivity index (χ0n) is 15.7. The van der Waals surface area contributed by atoms with E-state index in [-0.39, 0.29) is 11.1 Å². The highest BCUT2D eigenvalue weighted by Gasteiger charge is 2.49. The molecule has 3 aromatic rings. The number of aromatic nitrogens is 2. The molecule has 3 rings (SSSR count). The van der Waals surface area contributed by atoms with Crippen LogP contribution in [0.15, 0.2) is 67.1 Å². The maximum absolute atomic E-state index is 13.5. The van der Waals surface area contributed by atoms with Gasteiger partial charge in [0.05, 0.1) is 10.5 Å². The van der Waals surface area contributed by atoms with Gasteiger partial charge in [0.2, 0.25) is 0 Å². The molecule has 0 aliphatic heterocycles. The van der Waals surface area contributed by atoms with Crippen LogP contribution in [0.2, 0.25) is 0 Å². The van der Waals surface area contributed by atoms with Gasteiger partial charge in [-0.15, -0.1) is 0 Å². The van der Waals surface area contributed by atoms with Crippen molar-refractivity contribution in [3.8, 4) is 0 Å². The summed E-state index contributed by atoms with van der Waals surface area (Å²) in [6.45, 7) is 0. The van der Waals surface area contributed by atoms with E-state index in [4.69, 9.17) is 0 Å². The molecule has 0 unspecified atom stereocenters. The van der Waals surface area contributed by atoms with Crippen LogP contribution in [-0.2, 0) is 14.3 Å². The summed E-state index contributed by atoms with van der Waals surface area (Å²) < 4.78 is 81.0. The number of pyridine rings is 2. The van der Waals surface area contributed by atoms with E-state index in [1.165, 1.54) is 6.07 Å². The van der Waals surface area contributed by atoms with Crippen molar-refractivity contribution in [3.63, 3.8) is 0 Å². The Balaban J connectivity index is 2.46. The minimum absolute atomic E-state index is 0.0858. The first-order valence-corrected chi connectivity index (χ1v) is 9.93. The Labute approximate surface area is 178 Å². The minimum Gasteiger partial charge on any atom is -0.375 e. The summed E-state index contributed by atoms with van der Waals surface area (Å²) in [6.07, 6.45) is 3.41. The van der Waals surface area contributed by atoms with Crippen molar-refractivity contribution >= 4 is 27.1 Å². The number of nitro groups is 1. The average Bonchev–Trinajstić information content (AvgIpc) is 2.74. The van der Waals surface area contributed by atoms with E-state index in [1.807, 2.05) is 0 Å². The highest BCUT2D eigenvalue weighted by atomic mass is 32.2. The van der Waals surface area contributed by atoms with Gasteiger partial charge in [0.15, 0.2) is 11.5 Å². The number of benzene rings is 1. The monoisotopic (exact) mass is 469 g/mol. The normalized spacial score (nSPS) is 12.8. The van der Waals surface area contributed by atoms with E-state index in [0.717, 1.165) is 61.1 Å². The maximum Gasteiger partial charge on any atom is 0.534 e. The number of hydrogen-bond acceptors (Lipinski definition) is 7. The van der Waals surface area contributed by atoms with Gasteiger partial charge < -0.3 is 4.18 Å². The summed E-state index contributed by atoms with van der Waals surface area (Å²) in [4.78, 5) is 18.3. The van der Waals surface area contributed by atoms with E-state index < -0.39 is 49.1 Å². The van der Waals surface area contributed by atoms with E-state index >= 15 is 0 Å². The highest BCUT2D eigenvalue weighted by molar-refractivity contribution is 7.87. The predicted molar refractivity (Wildman–Crippen MR) is 104 cm³/mol. The van der Waals surface area contributed by atoms with Crippen molar-refractivity contribution < 1.29 is 35.1 Å². The lowest BCUT2D eigenvalue weighted by molar-refractivity contribution is -0.385. The predicted octanol–water partition coefficient (Wildman–Crippen LogP) is 4.31. The molecule has 2 heterocycles. The zero-order valence-corrected chi connectivity index (χ0v) is 16.5. The van der Waals surface area contributed by atoms with Crippen LogP contribution in [0.25, 0.3) is 11.3 Å². The molecule has 0 fully saturated rings. The summed E-state index contributed by atoms with van der Waals surface area (Å²) in [5, 5.41) is 11.5. The van der Waals surface area contributed by atoms with Crippen LogP contribution in [0.5, 0.6) is 0 Å². The van der Waals surface area contributed by atoms with Crippen LogP contribution in [0.3, 0.4) is 0 Å². The molecule has 0 radical (unpaired) electrons. The van der Waals surface area contributed by atoms with Crippen LogP contribution in [0.4, 0.5) is 23.2 Å². The fourth-order valence-corrected chi connectivity index (χ4v) is 3.12. The van der Waals surface area contributed by atoms with Gasteiger partial charge >= 0.3 is 15.6 Å². The molecule has 0 saturated carbocycles. The smallest absolute Gasteiger partial charge is 0.375 e. The number of nitrogens with zero attached hydrogens (tertiary/aromatic N) is 3. The first-order valence-electron chi connectivity index (χ1n) is 8.52. The fourth-order valence-electron chi connectivity index (χ4n) is 2.62. The van der Waals surface area contributed by atoms with Crippen LogP contribution in [0, 0.1) is 15.9 Å². The molecule has 1 aromatic carbocycles. The highest BCUT2D eigenvalue weighted by Crippen LogP contribution is 2.39. The van der Waals surface area contributed by atoms with Crippen molar-refractivity contribution in [3.05, 3.63) is 99.9 Å². The summed E-state index contributed by atoms with van der Waals surface area (Å²) in [7, 11) is -6.20. The van der Waals surface area contributed by atoms with Crippen LogP contribution >= 0.6 is 0 Å². The lowest BCUT2D eigenvalue weighted by atomic mass is 9.97. The first kappa shape index (κ1) is 22.8. The average molecular weight is 469 g/mol. The van der Waals surface area contributed by atoms with Gasteiger partial charge in [-0.2, -0.15) is 21.6 Å². The number of hydrogen-bond donors (Lipinski definition) is 0. The molecule has 0 saturated heterocycles. The Morgan fingerprint density at radius 1 is 0.969 bits per heavy atom. The van der Waals surface area contributed by atoms with Crippen molar-refractivity contribution in [2.45, 2.75) is 5.51 Å². The second-order valence-electron chi connectivity index (χ2n) is 6.06. The SMILES string of the molecule is O=[N+]([O-])c1cccnc1/C(=C(\OS(=O)(=O)C(F)(F)F)c1ccncc1)c1ccc(F)cc1. The van der Waals surface area contributed by atoms with Crippen molar-refractivity contribution in [1.29, 1.82) is 0 Å². The third-order valence-electron chi connectivity index (χ3n) is 4.00. The Morgan fingerprint density at radius 2 is 1.59 bits per heavy atom. The van der Waals surface area contributed by atoms with Gasteiger partial charge in [0.25, 0.3) is 5.69 Å². The second-order valence-corrected chi connectivity index (χ2v) is 7.60. The molecule has 0 aliphatic carbocycles. The van der Waals surface area contributed by atoms with Gasteiger partial charge in [-0.3, -0.25) is 15.1 Å². The Hall–Kier alpha value is -3.87. The molecule has 32 heavy (non-hydrogen) atoms. The largest absolute Gasteiger partial charge is 0.534 e. The molecule has 0 aliphatic rings. The summed E-state index contributed by atoms with van der Waals surface area (Å²) in [6, 6.07) is 8.57. The molecule has 13 heteroatoms. The summed E-state index contributed by atoms with van der Waals surface area (Å²) >= 11 is 0. The van der Waals surface area contributed by atoms with Gasteiger partial charge in [-0.1, -0.05) is 12.1 Å². The molecule has 0 atom stereocenters. The standard InChI is InChI=1S/C19H11F4N3O5S/c20-14-5-3-12(4-6-14)16(17-15(26(27)28)2-1-9-25-17)18(13-7-10-24-11-8-13)31-32(29,30)19(21,22)23/h1-11H/b18-16-. The zero-order chi connectivity index (χ0) is 23.5. The summed E-state index contributed by atoms with van der Waals surface area (Å²) in [5.74, 6) is -1.61. The van der Waals surface area contributed by atoms with Crippen molar-refractivity contribution in [2.24, 2.45) is 0 Å². The molecule has 0 spiro atoms. The lowest BCUT2D eigenvalue weighted by Gasteiger charge is -2.17. The molecule has 0 N–H and O–H groups in total.